The molecule has 168 valence electrons. The number of carbonyl (C=O) groups is 1. The van der Waals surface area contributed by atoms with Gasteiger partial charge in [0.05, 0.1) is 4.90 Å². The van der Waals surface area contributed by atoms with Crippen LogP contribution in [0.15, 0.2) is 53.4 Å². The van der Waals surface area contributed by atoms with E-state index in [1.165, 1.54) is 30.3 Å². The largest absolute Gasteiger partial charge is 0.573 e. The first kappa shape index (κ1) is 23.0. The first-order valence-electron chi connectivity index (χ1n) is 9.43. The number of carbonyl (C=O) groups excluding carboxylic acids is 1. The molecule has 6 nitrogen and oxygen atoms in total. The van der Waals surface area contributed by atoms with Gasteiger partial charge in [0, 0.05) is 31.6 Å². The summed E-state index contributed by atoms with van der Waals surface area (Å²) in [6, 6.07) is 10.0. The summed E-state index contributed by atoms with van der Waals surface area (Å²) in [6.07, 6.45) is -4.42. The summed E-state index contributed by atoms with van der Waals surface area (Å²) < 4.78 is 80.9. The summed E-state index contributed by atoms with van der Waals surface area (Å²) in [5.74, 6) is -1.71. The van der Waals surface area contributed by atoms with Crippen LogP contribution in [0.2, 0.25) is 0 Å². The van der Waals surface area contributed by atoms with E-state index in [-0.39, 0.29) is 43.3 Å². The number of alkyl halides is 3. The molecule has 0 spiro atoms. The van der Waals surface area contributed by atoms with Gasteiger partial charge in [-0.25, -0.2) is 12.8 Å². The molecule has 0 unspecified atom stereocenters. The van der Waals surface area contributed by atoms with Crippen LogP contribution in [0, 0.1) is 11.7 Å². The molecular weight excluding hydrogens is 440 g/mol. The Morgan fingerprint density at radius 2 is 1.77 bits per heavy atom. The number of sulfonamides is 1. The highest BCUT2D eigenvalue weighted by Crippen LogP contribution is 2.28. The van der Waals surface area contributed by atoms with Gasteiger partial charge in [0.15, 0.2) is 0 Å². The Bertz CT molecular complexity index is 1040. The standard InChI is InChI=1S/C20H20F4N2O4S/c21-16-4-1-3-14(11-16)13-25-19(27)15-7-9-26(10-8-15)31(28,29)18-6-2-5-17(12-18)30-20(22,23)24/h1-6,11-12,15H,7-10,13H2,(H,25,27). The van der Waals surface area contributed by atoms with Crippen molar-refractivity contribution in [2.75, 3.05) is 13.1 Å². The van der Waals surface area contributed by atoms with E-state index >= 15 is 0 Å². The summed E-state index contributed by atoms with van der Waals surface area (Å²) in [7, 11) is -4.04. The quantitative estimate of drug-likeness (QED) is 0.671. The van der Waals surface area contributed by atoms with E-state index in [9.17, 15) is 30.8 Å². The lowest BCUT2D eigenvalue weighted by atomic mass is 9.97. The van der Waals surface area contributed by atoms with Crippen molar-refractivity contribution in [3.8, 4) is 5.75 Å². The van der Waals surface area contributed by atoms with Crippen molar-refractivity contribution in [3.05, 3.63) is 59.9 Å². The maximum absolute atomic E-state index is 13.2. The minimum Gasteiger partial charge on any atom is -0.406 e. The molecule has 0 aliphatic carbocycles. The van der Waals surface area contributed by atoms with Crippen LogP contribution in [0.5, 0.6) is 5.75 Å². The fraction of sp³-hybridized carbons (Fsp3) is 0.350. The third-order valence-electron chi connectivity index (χ3n) is 4.86. The average Bonchev–Trinajstić information content (AvgIpc) is 2.71. The monoisotopic (exact) mass is 460 g/mol. The Hall–Kier alpha value is -2.66. The highest BCUT2D eigenvalue weighted by molar-refractivity contribution is 7.89. The number of ether oxygens (including phenoxy) is 1. The van der Waals surface area contributed by atoms with Crippen molar-refractivity contribution in [2.45, 2.75) is 30.6 Å². The number of rotatable bonds is 6. The number of nitrogens with zero attached hydrogens (tertiary/aromatic N) is 1. The highest BCUT2D eigenvalue weighted by atomic mass is 32.2. The number of piperidine rings is 1. The zero-order valence-electron chi connectivity index (χ0n) is 16.2. The molecule has 0 saturated carbocycles. The van der Waals surface area contributed by atoms with E-state index in [1.807, 2.05) is 0 Å². The summed E-state index contributed by atoms with van der Waals surface area (Å²) >= 11 is 0. The maximum Gasteiger partial charge on any atom is 0.573 e. The summed E-state index contributed by atoms with van der Waals surface area (Å²) in [6.45, 7) is 0.247. The van der Waals surface area contributed by atoms with Gasteiger partial charge in [-0.1, -0.05) is 18.2 Å². The van der Waals surface area contributed by atoms with Gasteiger partial charge in [-0.15, -0.1) is 13.2 Å². The predicted octanol–water partition coefficient (Wildman–Crippen LogP) is 3.44. The predicted molar refractivity (Wildman–Crippen MR) is 103 cm³/mol. The number of hydrogen-bond donors (Lipinski definition) is 1. The second-order valence-corrected chi connectivity index (χ2v) is 8.99. The molecule has 1 heterocycles. The average molecular weight is 460 g/mol. The Morgan fingerprint density at radius 3 is 2.42 bits per heavy atom. The summed E-state index contributed by atoms with van der Waals surface area (Å²) in [5.41, 5.74) is 0.606. The molecule has 3 rings (SSSR count). The normalized spacial score (nSPS) is 16.1. The minimum atomic E-state index is -4.93. The fourth-order valence-corrected chi connectivity index (χ4v) is 4.82. The second-order valence-electron chi connectivity index (χ2n) is 7.05. The first-order valence-corrected chi connectivity index (χ1v) is 10.9. The van der Waals surface area contributed by atoms with Gasteiger partial charge in [-0.2, -0.15) is 4.31 Å². The maximum atomic E-state index is 13.2. The lowest BCUT2D eigenvalue weighted by Gasteiger charge is -2.30. The molecule has 1 aliphatic rings. The van der Waals surface area contributed by atoms with Crippen molar-refractivity contribution < 1.29 is 35.5 Å². The zero-order chi connectivity index (χ0) is 22.6. The number of hydrogen-bond acceptors (Lipinski definition) is 4. The molecule has 1 N–H and O–H groups in total. The third-order valence-corrected chi connectivity index (χ3v) is 6.75. The molecule has 0 bridgehead atoms. The molecule has 1 amide bonds. The van der Waals surface area contributed by atoms with Crippen LogP contribution < -0.4 is 10.1 Å². The van der Waals surface area contributed by atoms with Gasteiger partial charge in [-0.05, 0) is 42.7 Å². The number of amides is 1. The molecule has 0 radical (unpaired) electrons. The molecular formula is C20H20F4N2O4S. The lowest BCUT2D eigenvalue weighted by molar-refractivity contribution is -0.274. The lowest BCUT2D eigenvalue weighted by Crippen LogP contribution is -2.42. The van der Waals surface area contributed by atoms with Crippen molar-refractivity contribution in [1.29, 1.82) is 0 Å². The SMILES string of the molecule is O=C(NCc1cccc(F)c1)C1CCN(S(=O)(=O)c2cccc(OC(F)(F)F)c2)CC1. The van der Waals surface area contributed by atoms with Crippen LogP contribution in [0.3, 0.4) is 0 Å². The van der Waals surface area contributed by atoms with Crippen molar-refractivity contribution in [3.63, 3.8) is 0 Å². The highest BCUT2D eigenvalue weighted by Gasteiger charge is 2.34. The van der Waals surface area contributed by atoms with Crippen molar-refractivity contribution in [1.82, 2.24) is 9.62 Å². The number of halogens is 4. The van der Waals surface area contributed by atoms with E-state index in [2.05, 4.69) is 10.1 Å². The molecule has 0 aromatic heterocycles. The van der Waals surface area contributed by atoms with Gasteiger partial charge in [0.25, 0.3) is 0 Å². The molecule has 31 heavy (non-hydrogen) atoms. The number of nitrogens with one attached hydrogen (secondary N) is 1. The molecule has 11 heteroatoms. The van der Waals surface area contributed by atoms with Gasteiger partial charge in [0.1, 0.15) is 11.6 Å². The minimum absolute atomic E-state index is 0.0464. The van der Waals surface area contributed by atoms with Gasteiger partial charge in [-0.3, -0.25) is 4.79 Å². The Morgan fingerprint density at radius 1 is 1.10 bits per heavy atom. The van der Waals surface area contributed by atoms with Gasteiger partial charge < -0.3 is 10.1 Å². The molecule has 2 aromatic carbocycles. The molecule has 1 saturated heterocycles. The fourth-order valence-electron chi connectivity index (χ4n) is 3.32. The van der Waals surface area contributed by atoms with E-state index in [0.29, 0.717) is 5.56 Å². The van der Waals surface area contributed by atoms with Crippen LogP contribution in [0.25, 0.3) is 0 Å². The Labute approximate surface area is 176 Å². The van der Waals surface area contributed by atoms with Crippen LogP contribution in [-0.2, 0) is 21.4 Å². The summed E-state index contributed by atoms with van der Waals surface area (Å²) in [5, 5.41) is 2.71. The first-order chi connectivity index (χ1) is 14.5. The van der Waals surface area contributed by atoms with E-state index in [4.69, 9.17) is 0 Å². The topological polar surface area (TPSA) is 75.7 Å². The van der Waals surface area contributed by atoms with Crippen LogP contribution in [-0.4, -0.2) is 38.1 Å². The van der Waals surface area contributed by atoms with Gasteiger partial charge >= 0.3 is 6.36 Å². The Kier molecular flexibility index (Phi) is 6.85. The Balaban J connectivity index is 1.58. The van der Waals surface area contributed by atoms with E-state index in [0.717, 1.165) is 16.4 Å². The van der Waals surface area contributed by atoms with Crippen LogP contribution in [0.1, 0.15) is 18.4 Å². The molecule has 1 aliphatic heterocycles. The van der Waals surface area contributed by atoms with Gasteiger partial charge in [0.2, 0.25) is 15.9 Å². The smallest absolute Gasteiger partial charge is 0.406 e. The van der Waals surface area contributed by atoms with Crippen LogP contribution in [0.4, 0.5) is 17.6 Å². The molecule has 0 atom stereocenters. The van der Waals surface area contributed by atoms with E-state index < -0.39 is 33.9 Å². The summed E-state index contributed by atoms with van der Waals surface area (Å²) in [4.78, 5) is 12.0. The van der Waals surface area contributed by atoms with Crippen LogP contribution >= 0.6 is 0 Å². The second kappa shape index (κ2) is 9.23. The van der Waals surface area contributed by atoms with E-state index in [1.54, 1.807) is 6.07 Å². The number of benzene rings is 2. The zero-order valence-corrected chi connectivity index (χ0v) is 17.0. The van der Waals surface area contributed by atoms with Crippen molar-refractivity contribution >= 4 is 15.9 Å². The molecule has 1 fully saturated rings. The molecule has 2 aromatic rings. The van der Waals surface area contributed by atoms with Crippen molar-refractivity contribution in [2.24, 2.45) is 5.92 Å². The third kappa shape index (κ3) is 6.17.